The second-order valence-electron chi connectivity index (χ2n) is 8.12. The number of benzene rings is 1. The highest BCUT2D eigenvalue weighted by Crippen LogP contribution is 2.30. The lowest BCUT2D eigenvalue weighted by atomic mass is 10.0. The third-order valence-electron chi connectivity index (χ3n) is 5.88. The molecule has 0 unspecified atom stereocenters. The number of nitrogens with zero attached hydrogens (tertiary/aromatic N) is 6. The Hall–Kier alpha value is -3.30. The van der Waals surface area contributed by atoms with Gasteiger partial charge in [0.15, 0.2) is 11.5 Å². The van der Waals surface area contributed by atoms with E-state index in [4.69, 9.17) is 21.3 Å². The van der Waals surface area contributed by atoms with Gasteiger partial charge in [0, 0.05) is 25.5 Å². The lowest BCUT2D eigenvalue weighted by molar-refractivity contribution is -0.134. The molecule has 33 heavy (non-hydrogen) atoms. The van der Waals surface area contributed by atoms with E-state index in [-0.39, 0.29) is 18.4 Å². The number of anilines is 1. The smallest absolute Gasteiger partial charge is 0.228 e. The van der Waals surface area contributed by atoms with Crippen LogP contribution in [0, 0.1) is 0 Å². The third-order valence-corrected chi connectivity index (χ3v) is 6.19. The zero-order valence-corrected chi connectivity index (χ0v) is 19.2. The van der Waals surface area contributed by atoms with Crippen molar-refractivity contribution in [3.63, 3.8) is 0 Å². The summed E-state index contributed by atoms with van der Waals surface area (Å²) in [5, 5.41) is 5.74. The molecule has 4 aromatic rings. The minimum atomic E-state index is -0.189. The topological polar surface area (TPSA) is 98.1 Å². The molecule has 1 N–H and O–H groups in total. The summed E-state index contributed by atoms with van der Waals surface area (Å²) in [5.41, 5.74) is 2.90. The van der Waals surface area contributed by atoms with Crippen molar-refractivity contribution in [3.8, 4) is 0 Å². The highest BCUT2D eigenvalue weighted by atomic mass is 35.5. The van der Waals surface area contributed by atoms with E-state index in [0.717, 1.165) is 22.1 Å². The predicted molar refractivity (Wildman–Crippen MR) is 126 cm³/mol. The van der Waals surface area contributed by atoms with Gasteiger partial charge < -0.3 is 19.5 Å². The van der Waals surface area contributed by atoms with E-state index in [9.17, 15) is 4.79 Å². The molecule has 170 valence electrons. The Morgan fingerprint density at radius 1 is 1.24 bits per heavy atom. The van der Waals surface area contributed by atoms with Crippen LogP contribution in [0.1, 0.15) is 24.4 Å². The number of fused-ring (bicyclic) bond motifs is 2. The molecule has 0 aliphatic carbocycles. The van der Waals surface area contributed by atoms with Crippen LogP contribution in [-0.4, -0.2) is 61.6 Å². The standard InChI is InChI=1S/C23H24ClN7O2/c1-14(28-22-21-23(26-12-25-22)30(2)13-27-21)17-10-15-4-3-5-16(24)20(15)18(29-17)11-19(32)31-6-8-33-9-7-31/h3-5,10,12-14H,6-9,11H2,1-2H3,(H,25,26,28)/t14-/m0/s1. The van der Waals surface area contributed by atoms with Crippen molar-refractivity contribution in [2.75, 3.05) is 31.6 Å². The fourth-order valence-electron chi connectivity index (χ4n) is 4.12. The average molecular weight is 466 g/mol. The average Bonchev–Trinajstić information content (AvgIpc) is 3.21. The Bertz CT molecular complexity index is 1330. The number of halogens is 1. The molecule has 0 spiro atoms. The zero-order chi connectivity index (χ0) is 22.9. The molecule has 3 aromatic heterocycles. The summed E-state index contributed by atoms with van der Waals surface area (Å²) in [6.45, 7) is 4.31. The van der Waals surface area contributed by atoms with Gasteiger partial charge in [0.2, 0.25) is 5.91 Å². The molecule has 1 saturated heterocycles. The number of aryl methyl sites for hydroxylation is 1. The summed E-state index contributed by atoms with van der Waals surface area (Å²) in [4.78, 5) is 32.8. The Morgan fingerprint density at radius 3 is 2.88 bits per heavy atom. The Balaban J connectivity index is 1.49. The Kier molecular flexibility index (Phi) is 5.82. The van der Waals surface area contributed by atoms with E-state index in [1.54, 1.807) is 6.33 Å². The molecule has 1 aliphatic heterocycles. The van der Waals surface area contributed by atoms with Gasteiger partial charge in [-0.1, -0.05) is 23.7 Å². The van der Waals surface area contributed by atoms with Crippen molar-refractivity contribution in [1.82, 2.24) is 29.4 Å². The fraction of sp³-hybridized carbons (Fsp3) is 0.348. The highest BCUT2D eigenvalue weighted by Gasteiger charge is 2.21. The Morgan fingerprint density at radius 2 is 2.06 bits per heavy atom. The molecule has 1 amide bonds. The summed E-state index contributed by atoms with van der Waals surface area (Å²) < 4.78 is 7.22. The monoisotopic (exact) mass is 465 g/mol. The number of pyridine rings is 1. The van der Waals surface area contributed by atoms with Gasteiger partial charge in [-0.25, -0.2) is 15.0 Å². The van der Waals surface area contributed by atoms with Crippen LogP contribution in [-0.2, 0) is 23.0 Å². The third kappa shape index (κ3) is 4.21. The molecule has 9 nitrogen and oxygen atoms in total. The van der Waals surface area contributed by atoms with Crippen LogP contribution >= 0.6 is 11.6 Å². The number of carbonyl (C=O) groups excluding carboxylic acids is 1. The molecule has 0 saturated carbocycles. The number of amides is 1. The van der Waals surface area contributed by atoms with Crippen LogP contribution in [0.25, 0.3) is 21.9 Å². The van der Waals surface area contributed by atoms with E-state index in [2.05, 4.69) is 20.3 Å². The number of hydrogen-bond donors (Lipinski definition) is 1. The molecule has 1 aliphatic rings. The summed E-state index contributed by atoms with van der Waals surface area (Å²) in [6, 6.07) is 7.53. The van der Waals surface area contributed by atoms with Crippen LogP contribution in [0.2, 0.25) is 5.02 Å². The van der Waals surface area contributed by atoms with Gasteiger partial charge in [-0.2, -0.15) is 0 Å². The molecular weight excluding hydrogens is 442 g/mol. The molecule has 4 heterocycles. The lowest BCUT2D eigenvalue weighted by Crippen LogP contribution is -2.41. The second kappa shape index (κ2) is 8.92. The number of ether oxygens (including phenoxy) is 1. The van der Waals surface area contributed by atoms with Crippen LogP contribution in [0.4, 0.5) is 5.82 Å². The van der Waals surface area contributed by atoms with Crippen molar-refractivity contribution in [2.45, 2.75) is 19.4 Å². The van der Waals surface area contributed by atoms with Gasteiger partial charge in [0.25, 0.3) is 0 Å². The predicted octanol–water partition coefficient (Wildman–Crippen LogP) is 3.14. The number of rotatable bonds is 5. The van der Waals surface area contributed by atoms with Crippen LogP contribution < -0.4 is 5.32 Å². The number of hydrogen-bond acceptors (Lipinski definition) is 7. The van der Waals surface area contributed by atoms with E-state index < -0.39 is 0 Å². The number of imidazole rings is 1. The highest BCUT2D eigenvalue weighted by molar-refractivity contribution is 6.35. The van der Waals surface area contributed by atoms with Gasteiger partial charge in [-0.05, 0) is 24.4 Å². The SMILES string of the molecule is C[C@H](Nc1ncnc2c1ncn2C)c1cc2cccc(Cl)c2c(CC(=O)N2CCOCC2)n1. The molecule has 0 bridgehead atoms. The molecule has 1 aromatic carbocycles. The summed E-state index contributed by atoms with van der Waals surface area (Å²) >= 11 is 6.53. The van der Waals surface area contributed by atoms with E-state index in [1.165, 1.54) is 6.33 Å². The van der Waals surface area contributed by atoms with Crippen molar-refractivity contribution in [2.24, 2.45) is 7.05 Å². The molecule has 1 fully saturated rings. The molecule has 1 atom stereocenters. The van der Waals surface area contributed by atoms with Gasteiger partial charge >= 0.3 is 0 Å². The number of carbonyl (C=O) groups is 1. The number of nitrogens with one attached hydrogen (secondary N) is 1. The Labute approximate surface area is 195 Å². The van der Waals surface area contributed by atoms with Gasteiger partial charge in [0.1, 0.15) is 11.8 Å². The van der Waals surface area contributed by atoms with Crippen LogP contribution in [0.3, 0.4) is 0 Å². The van der Waals surface area contributed by atoms with E-state index >= 15 is 0 Å². The minimum absolute atomic E-state index is 0.0239. The molecular formula is C23H24ClN7O2. The summed E-state index contributed by atoms with van der Waals surface area (Å²) in [6.07, 6.45) is 3.40. The minimum Gasteiger partial charge on any atom is -0.378 e. The van der Waals surface area contributed by atoms with Crippen molar-refractivity contribution < 1.29 is 9.53 Å². The van der Waals surface area contributed by atoms with Crippen LogP contribution in [0.15, 0.2) is 36.9 Å². The first kappa shape index (κ1) is 21.5. The molecule has 5 rings (SSSR count). The first-order valence-electron chi connectivity index (χ1n) is 10.8. The first-order chi connectivity index (χ1) is 16.0. The van der Waals surface area contributed by atoms with E-state index in [1.807, 2.05) is 47.7 Å². The second-order valence-corrected chi connectivity index (χ2v) is 8.52. The van der Waals surface area contributed by atoms with Crippen molar-refractivity contribution >= 4 is 45.3 Å². The summed E-state index contributed by atoms with van der Waals surface area (Å²) in [5.74, 6) is 0.655. The van der Waals surface area contributed by atoms with Gasteiger partial charge in [0.05, 0.1) is 48.4 Å². The number of morpholine rings is 1. The first-order valence-corrected chi connectivity index (χ1v) is 11.2. The number of aromatic nitrogens is 5. The van der Waals surface area contributed by atoms with Crippen molar-refractivity contribution in [3.05, 3.63) is 53.3 Å². The van der Waals surface area contributed by atoms with E-state index in [0.29, 0.717) is 48.4 Å². The fourth-order valence-corrected chi connectivity index (χ4v) is 4.41. The largest absolute Gasteiger partial charge is 0.378 e. The maximum absolute atomic E-state index is 13.0. The lowest BCUT2D eigenvalue weighted by Gasteiger charge is -2.27. The van der Waals surface area contributed by atoms with Gasteiger partial charge in [-0.15, -0.1) is 0 Å². The van der Waals surface area contributed by atoms with Crippen molar-refractivity contribution in [1.29, 1.82) is 0 Å². The molecule has 10 heteroatoms. The summed E-state index contributed by atoms with van der Waals surface area (Å²) in [7, 11) is 1.89. The maximum atomic E-state index is 13.0. The van der Waals surface area contributed by atoms with Gasteiger partial charge in [-0.3, -0.25) is 9.78 Å². The quantitative estimate of drug-likeness (QED) is 0.483. The normalized spacial score (nSPS) is 15.2. The van der Waals surface area contributed by atoms with Crippen LogP contribution in [0.5, 0.6) is 0 Å². The molecule has 0 radical (unpaired) electrons. The zero-order valence-electron chi connectivity index (χ0n) is 18.5. The maximum Gasteiger partial charge on any atom is 0.228 e.